The molecule has 0 N–H and O–H groups in total. The van der Waals surface area contributed by atoms with Crippen LogP contribution in [0.3, 0.4) is 0 Å². The van der Waals surface area contributed by atoms with Gasteiger partial charge in [-0.1, -0.05) is 13.0 Å². The van der Waals surface area contributed by atoms with Gasteiger partial charge in [-0.2, -0.15) is 0 Å². The minimum Gasteiger partial charge on any atom is -0.265 e. The molecule has 0 aliphatic carbocycles. The van der Waals surface area contributed by atoms with E-state index in [9.17, 15) is 0 Å². The van der Waals surface area contributed by atoms with Gasteiger partial charge in [-0.15, -0.1) is 11.8 Å². The molecule has 0 spiro atoms. The van der Waals surface area contributed by atoms with Crippen LogP contribution in [-0.4, -0.2) is 20.7 Å². The minimum absolute atomic E-state index is 0.907. The molecule has 0 bridgehead atoms. The summed E-state index contributed by atoms with van der Waals surface area (Å²) in [6, 6.07) is 12.1. The summed E-state index contributed by atoms with van der Waals surface area (Å²) >= 11 is 1.79. The predicted octanol–water partition coefficient (Wildman–Crippen LogP) is 4.32. The fourth-order valence-corrected chi connectivity index (χ4v) is 2.88. The van der Waals surface area contributed by atoms with Crippen molar-refractivity contribution < 1.29 is 0 Å². The lowest BCUT2D eigenvalue weighted by atomic mass is 10.1. The van der Waals surface area contributed by atoms with E-state index in [2.05, 4.69) is 34.0 Å². The van der Waals surface area contributed by atoms with Crippen LogP contribution in [0.1, 0.15) is 6.92 Å². The summed E-state index contributed by atoms with van der Waals surface area (Å²) in [5.41, 5.74) is 4.06. The standard InChI is InChI=1S/C17H15N3S/c1-2-21-16-4-3-9-19-17(16)15-6-5-14(12-20-15)13-7-10-18-11-8-13/h3-12H,2H2,1H3. The number of pyridine rings is 3. The third-order valence-electron chi connectivity index (χ3n) is 3.09. The SMILES string of the molecule is CCSc1cccnc1-c1ccc(-c2ccncc2)cn1. The van der Waals surface area contributed by atoms with Crippen LogP contribution in [0.25, 0.3) is 22.5 Å². The van der Waals surface area contributed by atoms with Crippen molar-refractivity contribution in [1.29, 1.82) is 0 Å². The molecule has 0 aromatic carbocycles. The first kappa shape index (κ1) is 13.8. The number of rotatable bonds is 4. The molecular weight excluding hydrogens is 278 g/mol. The Morgan fingerprint density at radius 1 is 0.905 bits per heavy atom. The Kier molecular flexibility index (Phi) is 4.26. The first-order valence-electron chi connectivity index (χ1n) is 6.83. The van der Waals surface area contributed by atoms with Gasteiger partial charge in [0.1, 0.15) is 5.69 Å². The van der Waals surface area contributed by atoms with Gasteiger partial charge in [0.2, 0.25) is 0 Å². The highest BCUT2D eigenvalue weighted by molar-refractivity contribution is 7.99. The largest absolute Gasteiger partial charge is 0.265 e. The van der Waals surface area contributed by atoms with Gasteiger partial charge in [-0.25, -0.2) is 0 Å². The van der Waals surface area contributed by atoms with Crippen LogP contribution in [0.2, 0.25) is 0 Å². The molecule has 0 unspecified atom stereocenters. The molecule has 0 radical (unpaired) electrons. The molecule has 0 atom stereocenters. The average Bonchev–Trinajstić information content (AvgIpc) is 2.57. The number of thioether (sulfide) groups is 1. The van der Waals surface area contributed by atoms with Crippen LogP contribution in [0.15, 0.2) is 66.1 Å². The maximum atomic E-state index is 4.57. The monoisotopic (exact) mass is 293 g/mol. The predicted molar refractivity (Wildman–Crippen MR) is 87.1 cm³/mol. The lowest BCUT2D eigenvalue weighted by Crippen LogP contribution is -1.91. The molecule has 3 aromatic heterocycles. The van der Waals surface area contributed by atoms with Gasteiger partial charge in [-0.05, 0) is 41.6 Å². The number of aromatic nitrogens is 3. The quantitative estimate of drug-likeness (QED) is 0.672. The van der Waals surface area contributed by atoms with Crippen molar-refractivity contribution in [3.63, 3.8) is 0 Å². The van der Waals surface area contributed by atoms with E-state index >= 15 is 0 Å². The Hall–Kier alpha value is -2.20. The van der Waals surface area contributed by atoms with Crippen LogP contribution in [-0.2, 0) is 0 Å². The number of hydrogen-bond acceptors (Lipinski definition) is 4. The second kappa shape index (κ2) is 6.50. The van der Waals surface area contributed by atoms with Crippen LogP contribution in [0, 0.1) is 0 Å². The van der Waals surface area contributed by atoms with E-state index in [4.69, 9.17) is 0 Å². The smallest absolute Gasteiger partial charge is 0.102 e. The molecule has 3 nitrogen and oxygen atoms in total. The van der Waals surface area contributed by atoms with Gasteiger partial charge >= 0.3 is 0 Å². The van der Waals surface area contributed by atoms with Gasteiger partial charge in [0.15, 0.2) is 0 Å². The van der Waals surface area contributed by atoms with Crippen molar-refractivity contribution >= 4 is 11.8 Å². The Balaban J connectivity index is 1.95. The molecule has 0 amide bonds. The molecule has 21 heavy (non-hydrogen) atoms. The Morgan fingerprint density at radius 2 is 1.76 bits per heavy atom. The molecule has 4 heteroatoms. The maximum absolute atomic E-state index is 4.57. The van der Waals surface area contributed by atoms with Gasteiger partial charge in [0.25, 0.3) is 0 Å². The van der Waals surface area contributed by atoms with Crippen molar-refractivity contribution in [3.8, 4) is 22.5 Å². The van der Waals surface area contributed by atoms with E-state index in [1.165, 1.54) is 4.90 Å². The topological polar surface area (TPSA) is 38.7 Å². The maximum Gasteiger partial charge on any atom is 0.102 e. The van der Waals surface area contributed by atoms with Crippen molar-refractivity contribution in [3.05, 3.63) is 61.2 Å². The third-order valence-corrected chi connectivity index (χ3v) is 4.02. The first-order valence-corrected chi connectivity index (χ1v) is 7.81. The molecule has 3 rings (SSSR count). The Bertz CT molecular complexity index is 712. The lowest BCUT2D eigenvalue weighted by molar-refractivity contribution is 1.19. The molecule has 104 valence electrons. The van der Waals surface area contributed by atoms with Crippen LogP contribution in [0.4, 0.5) is 0 Å². The summed E-state index contributed by atoms with van der Waals surface area (Å²) in [4.78, 5) is 14.3. The summed E-state index contributed by atoms with van der Waals surface area (Å²) in [7, 11) is 0. The fourth-order valence-electron chi connectivity index (χ4n) is 2.10. The van der Waals surface area contributed by atoms with E-state index in [0.717, 1.165) is 28.3 Å². The second-order valence-electron chi connectivity index (χ2n) is 4.45. The molecule has 0 saturated heterocycles. The van der Waals surface area contributed by atoms with E-state index in [1.54, 1.807) is 24.2 Å². The number of nitrogens with zero attached hydrogens (tertiary/aromatic N) is 3. The van der Waals surface area contributed by atoms with Crippen molar-refractivity contribution in [2.45, 2.75) is 11.8 Å². The van der Waals surface area contributed by atoms with Gasteiger partial charge < -0.3 is 0 Å². The number of hydrogen-bond donors (Lipinski definition) is 0. The molecule has 3 aromatic rings. The van der Waals surface area contributed by atoms with E-state index < -0.39 is 0 Å². The summed E-state index contributed by atoms with van der Waals surface area (Å²) < 4.78 is 0. The molecule has 0 saturated carbocycles. The van der Waals surface area contributed by atoms with Gasteiger partial charge in [-0.3, -0.25) is 15.0 Å². The van der Waals surface area contributed by atoms with Crippen molar-refractivity contribution in [1.82, 2.24) is 15.0 Å². The Labute approximate surface area is 128 Å². The lowest BCUT2D eigenvalue weighted by Gasteiger charge is -2.07. The van der Waals surface area contributed by atoms with Gasteiger partial charge in [0.05, 0.1) is 5.69 Å². The molecule has 0 aliphatic rings. The summed E-state index contributed by atoms with van der Waals surface area (Å²) in [6.45, 7) is 2.14. The summed E-state index contributed by atoms with van der Waals surface area (Å²) in [6.07, 6.45) is 7.28. The zero-order valence-corrected chi connectivity index (χ0v) is 12.5. The minimum atomic E-state index is 0.907. The van der Waals surface area contributed by atoms with Crippen molar-refractivity contribution in [2.75, 3.05) is 5.75 Å². The molecule has 3 heterocycles. The highest BCUT2D eigenvalue weighted by atomic mass is 32.2. The summed E-state index contributed by atoms with van der Waals surface area (Å²) in [5, 5.41) is 0. The van der Waals surface area contributed by atoms with E-state index in [1.807, 2.05) is 36.7 Å². The Morgan fingerprint density at radius 3 is 2.48 bits per heavy atom. The van der Waals surface area contributed by atoms with E-state index in [0.29, 0.717) is 0 Å². The van der Waals surface area contributed by atoms with Crippen LogP contribution in [0.5, 0.6) is 0 Å². The third kappa shape index (κ3) is 3.11. The van der Waals surface area contributed by atoms with E-state index in [-0.39, 0.29) is 0 Å². The fraction of sp³-hybridized carbons (Fsp3) is 0.118. The van der Waals surface area contributed by atoms with Crippen LogP contribution >= 0.6 is 11.8 Å². The second-order valence-corrected chi connectivity index (χ2v) is 5.76. The highest BCUT2D eigenvalue weighted by Crippen LogP contribution is 2.29. The zero-order chi connectivity index (χ0) is 14.5. The van der Waals surface area contributed by atoms with Crippen LogP contribution < -0.4 is 0 Å². The first-order chi connectivity index (χ1) is 10.4. The molecule has 0 fully saturated rings. The normalized spacial score (nSPS) is 10.5. The van der Waals surface area contributed by atoms with Gasteiger partial charge in [0, 0.05) is 35.2 Å². The molecular formula is C17H15N3S. The average molecular weight is 293 g/mol. The summed E-state index contributed by atoms with van der Waals surface area (Å²) in [5.74, 6) is 1.02. The van der Waals surface area contributed by atoms with Crippen molar-refractivity contribution in [2.24, 2.45) is 0 Å². The highest BCUT2D eigenvalue weighted by Gasteiger charge is 2.08. The molecule has 0 aliphatic heterocycles. The zero-order valence-electron chi connectivity index (χ0n) is 11.7.